The summed E-state index contributed by atoms with van der Waals surface area (Å²) in [6.07, 6.45) is -4.47. The third-order valence-corrected chi connectivity index (χ3v) is 4.80. The zero-order chi connectivity index (χ0) is 23.5. The van der Waals surface area contributed by atoms with Crippen LogP contribution in [0.4, 0.5) is 13.2 Å². The first-order chi connectivity index (χ1) is 15.0. The molecule has 0 saturated carbocycles. The quantitative estimate of drug-likeness (QED) is 0.624. The van der Waals surface area contributed by atoms with Gasteiger partial charge in [0.05, 0.1) is 11.4 Å². The first-order valence-corrected chi connectivity index (χ1v) is 9.86. The van der Waals surface area contributed by atoms with E-state index in [4.69, 9.17) is 0 Å². The van der Waals surface area contributed by atoms with E-state index in [0.29, 0.717) is 5.56 Å². The monoisotopic (exact) mass is 444 g/mol. The van der Waals surface area contributed by atoms with Crippen LogP contribution in [0.5, 0.6) is 0 Å². The van der Waals surface area contributed by atoms with E-state index in [1.807, 2.05) is 37.4 Å². The van der Waals surface area contributed by atoms with Crippen molar-refractivity contribution >= 4 is 11.8 Å². The van der Waals surface area contributed by atoms with Gasteiger partial charge in [-0.05, 0) is 61.9 Å². The number of hydrogen-bond donors (Lipinski definition) is 1. The Hall–Kier alpha value is -3.62. The van der Waals surface area contributed by atoms with Crippen LogP contribution in [0.15, 0.2) is 54.6 Å². The second-order valence-electron chi connectivity index (χ2n) is 7.54. The summed E-state index contributed by atoms with van der Waals surface area (Å²) in [5.41, 5.74) is 4.13. The SMILES string of the molecule is Cc1cc(C)n(-c2ccc(C(=O)N(C)Cc3ccc(C(=O)NCC(F)(F)F)cc3)cc2)n1. The summed E-state index contributed by atoms with van der Waals surface area (Å²) in [5.74, 6) is -0.988. The second-order valence-corrected chi connectivity index (χ2v) is 7.54. The number of alkyl halides is 3. The van der Waals surface area contributed by atoms with Crippen LogP contribution in [-0.4, -0.2) is 46.3 Å². The summed E-state index contributed by atoms with van der Waals surface area (Å²) in [6, 6.07) is 15.2. The molecule has 0 fully saturated rings. The fourth-order valence-electron chi connectivity index (χ4n) is 3.25. The lowest BCUT2D eigenvalue weighted by Crippen LogP contribution is -2.33. The Morgan fingerprint density at radius 1 is 1.00 bits per heavy atom. The lowest BCUT2D eigenvalue weighted by molar-refractivity contribution is -0.123. The Balaban J connectivity index is 1.61. The molecule has 0 aliphatic carbocycles. The smallest absolute Gasteiger partial charge is 0.343 e. The van der Waals surface area contributed by atoms with E-state index >= 15 is 0 Å². The molecule has 0 aliphatic rings. The molecule has 0 saturated heterocycles. The minimum Gasteiger partial charge on any atom is -0.343 e. The van der Waals surface area contributed by atoms with Gasteiger partial charge < -0.3 is 10.2 Å². The molecule has 3 aromatic rings. The molecular weight excluding hydrogens is 421 g/mol. The predicted molar refractivity (Wildman–Crippen MR) is 114 cm³/mol. The van der Waals surface area contributed by atoms with Gasteiger partial charge in [0, 0.05) is 30.4 Å². The minimum absolute atomic E-state index is 0.117. The zero-order valence-electron chi connectivity index (χ0n) is 17.9. The third-order valence-electron chi connectivity index (χ3n) is 4.80. The van der Waals surface area contributed by atoms with E-state index in [2.05, 4.69) is 5.10 Å². The van der Waals surface area contributed by atoms with Gasteiger partial charge in [-0.15, -0.1) is 0 Å². The van der Waals surface area contributed by atoms with E-state index in [-0.39, 0.29) is 18.0 Å². The first kappa shape index (κ1) is 23.1. The van der Waals surface area contributed by atoms with E-state index in [0.717, 1.165) is 22.6 Å². The largest absolute Gasteiger partial charge is 0.405 e. The van der Waals surface area contributed by atoms with Crippen molar-refractivity contribution in [3.63, 3.8) is 0 Å². The van der Waals surface area contributed by atoms with Crippen molar-refractivity contribution in [2.45, 2.75) is 26.6 Å². The van der Waals surface area contributed by atoms with Crippen LogP contribution in [0.1, 0.15) is 37.7 Å². The van der Waals surface area contributed by atoms with Gasteiger partial charge in [-0.3, -0.25) is 9.59 Å². The van der Waals surface area contributed by atoms with Gasteiger partial charge in [-0.1, -0.05) is 12.1 Å². The molecule has 0 aliphatic heterocycles. The van der Waals surface area contributed by atoms with Gasteiger partial charge in [0.2, 0.25) is 0 Å². The molecule has 0 spiro atoms. The van der Waals surface area contributed by atoms with Crippen LogP contribution in [0.25, 0.3) is 5.69 Å². The number of rotatable bonds is 6. The maximum atomic E-state index is 12.8. The summed E-state index contributed by atoms with van der Waals surface area (Å²) in [6.45, 7) is 2.77. The summed E-state index contributed by atoms with van der Waals surface area (Å²) in [7, 11) is 1.65. The average Bonchev–Trinajstić information content (AvgIpc) is 3.09. The highest BCUT2D eigenvalue weighted by Crippen LogP contribution is 2.16. The fourth-order valence-corrected chi connectivity index (χ4v) is 3.25. The molecular formula is C23H23F3N4O2. The molecule has 9 heteroatoms. The molecule has 32 heavy (non-hydrogen) atoms. The molecule has 0 unspecified atom stereocenters. The number of carbonyl (C=O) groups excluding carboxylic acids is 2. The van der Waals surface area contributed by atoms with Crippen molar-refractivity contribution in [2.24, 2.45) is 0 Å². The van der Waals surface area contributed by atoms with Gasteiger partial charge in [0.1, 0.15) is 6.54 Å². The number of aryl methyl sites for hydroxylation is 2. The van der Waals surface area contributed by atoms with Crippen LogP contribution < -0.4 is 5.32 Å². The molecule has 2 aromatic carbocycles. The average molecular weight is 444 g/mol. The number of nitrogens with zero attached hydrogens (tertiary/aromatic N) is 3. The highest BCUT2D eigenvalue weighted by Gasteiger charge is 2.27. The molecule has 168 valence electrons. The van der Waals surface area contributed by atoms with Crippen LogP contribution in [-0.2, 0) is 6.54 Å². The van der Waals surface area contributed by atoms with E-state index in [1.54, 1.807) is 36.0 Å². The normalized spacial score (nSPS) is 11.3. The van der Waals surface area contributed by atoms with Crippen LogP contribution >= 0.6 is 0 Å². The number of aromatic nitrogens is 2. The van der Waals surface area contributed by atoms with Crippen LogP contribution in [0.2, 0.25) is 0 Å². The Morgan fingerprint density at radius 3 is 2.12 bits per heavy atom. The summed E-state index contributed by atoms with van der Waals surface area (Å²) >= 11 is 0. The molecule has 1 heterocycles. The van der Waals surface area contributed by atoms with Crippen molar-refractivity contribution in [3.8, 4) is 5.69 Å². The number of hydrogen-bond acceptors (Lipinski definition) is 3. The zero-order valence-corrected chi connectivity index (χ0v) is 17.9. The van der Waals surface area contributed by atoms with Gasteiger partial charge in [-0.25, -0.2) is 4.68 Å². The van der Waals surface area contributed by atoms with Crippen LogP contribution in [0.3, 0.4) is 0 Å². The van der Waals surface area contributed by atoms with Crippen molar-refractivity contribution < 1.29 is 22.8 Å². The Labute approximate surface area is 183 Å². The van der Waals surface area contributed by atoms with Crippen molar-refractivity contribution in [1.29, 1.82) is 0 Å². The molecule has 0 bridgehead atoms. The maximum absolute atomic E-state index is 12.8. The first-order valence-electron chi connectivity index (χ1n) is 9.86. The van der Waals surface area contributed by atoms with Gasteiger partial charge >= 0.3 is 6.18 Å². The summed E-state index contributed by atoms with van der Waals surface area (Å²) < 4.78 is 38.5. The second kappa shape index (κ2) is 9.25. The number of carbonyl (C=O) groups is 2. The van der Waals surface area contributed by atoms with Crippen molar-refractivity contribution in [3.05, 3.63) is 82.7 Å². The molecule has 0 atom stereocenters. The number of amides is 2. The molecule has 1 aromatic heterocycles. The van der Waals surface area contributed by atoms with E-state index < -0.39 is 18.6 Å². The maximum Gasteiger partial charge on any atom is 0.405 e. The highest BCUT2D eigenvalue weighted by atomic mass is 19.4. The topological polar surface area (TPSA) is 67.2 Å². The Kier molecular flexibility index (Phi) is 6.67. The standard InChI is InChI=1S/C23H23F3N4O2/c1-15-12-16(2)30(28-15)20-10-8-19(9-11-20)22(32)29(3)13-17-4-6-18(7-5-17)21(31)27-14-23(24,25)26/h4-12H,13-14H2,1-3H3,(H,27,31). The molecule has 3 rings (SSSR count). The van der Waals surface area contributed by atoms with Gasteiger partial charge in [0.15, 0.2) is 0 Å². The number of nitrogens with one attached hydrogen (secondary N) is 1. The Bertz CT molecular complexity index is 1100. The molecule has 6 nitrogen and oxygen atoms in total. The number of benzene rings is 2. The summed E-state index contributed by atoms with van der Waals surface area (Å²) in [4.78, 5) is 26.1. The van der Waals surface area contributed by atoms with Gasteiger partial charge in [-0.2, -0.15) is 18.3 Å². The molecule has 2 amide bonds. The van der Waals surface area contributed by atoms with Crippen molar-refractivity contribution in [2.75, 3.05) is 13.6 Å². The van der Waals surface area contributed by atoms with Crippen molar-refractivity contribution in [1.82, 2.24) is 20.0 Å². The fraction of sp³-hybridized carbons (Fsp3) is 0.261. The summed E-state index contributed by atoms with van der Waals surface area (Å²) in [5, 5.41) is 6.25. The third kappa shape index (κ3) is 5.75. The molecule has 0 radical (unpaired) electrons. The van der Waals surface area contributed by atoms with Crippen LogP contribution in [0, 0.1) is 13.8 Å². The van der Waals surface area contributed by atoms with E-state index in [1.165, 1.54) is 17.0 Å². The minimum atomic E-state index is -4.47. The lowest BCUT2D eigenvalue weighted by atomic mass is 10.1. The van der Waals surface area contributed by atoms with E-state index in [9.17, 15) is 22.8 Å². The lowest BCUT2D eigenvalue weighted by Gasteiger charge is -2.18. The Morgan fingerprint density at radius 2 is 1.59 bits per heavy atom. The number of halogens is 3. The molecule has 1 N–H and O–H groups in total. The predicted octanol–water partition coefficient (Wildman–Crippen LogP) is 4.05. The highest BCUT2D eigenvalue weighted by molar-refractivity contribution is 5.95. The van der Waals surface area contributed by atoms with Gasteiger partial charge in [0.25, 0.3) is 11.8 Å².